The van der Waals surface area contributed by atoms with Gasteiger partial charge in [-0.25, -0.2) is 0 Å². The first-order valence-corrected chi connectivity index (χ1v) is 4.18. The third-order valence-electron chi connectivity index (χ3n) is 1.03. The Kier molecular flexibility index (Phi) is 5.43. The van der Waals surface area contributed by atoms with Crippen LogP contribution in [0.5, 0.6) is 0 Å². The van der Waals surface area contributed by atoms with Crippen molar-refractivity contribution in [3.8, 4) is 0 Å². The first-order valence-electron chi connectivity index (χ1n) is 3.13. The monoisotopic (exact) mass is 163 g/mol. The molecule has 1 unspecified atom stereocenters. The maximum atomic E-state index is 10.6. The Hall–Kier alpha value is -0.220. The zero-order valence-corrected chi connectivity index (χ0v) is 7.07. The van der Waals surface area contributed by atoms with Crippen molar-refractivity contribution < 1.29 is 9.90 Å². The Balaban J connectivity index is 3.26. The summed E-state index contributed by atoms with van der Waals surface area (Å²) in [6.45, 7) is 2.01. The highest BCUT2D eigenvalue weighted by Gasteiger charge is 2.03. The normalized spacial score (nSPS) is 12.7. The molecule has 0 aliphatic heterocycles. The average molecular weight is 163 g/mol. The third-order valence-corrected chi connectivity index (χ3v) is 2.18. The fourth-order valence-electron chi connectivity index (χ4n) is 0.343. The van der Waals surface area contributed by atoms with Crippen LogP contribution in [0.2, 0.25) is 0 Å². The molecule has 0 aromatic heterocycles. The fraction of sp³-hybridized carbons (Fsp3) is 0.833. The zero-order valence-electron chi connectivity index (χ0n) is 6.26. The van der Waals surface area contributed by atoms with Gasteiger partial charge in [-0.05, 0) is 0 Å². The topological polar surface area (TPSA) is 49.3 Å². The minimum atomic E-state index is 0.00491. The van der Waals surface area contributed by atoms with E-state index in [9.17, 15) is 4.79 Å². The number of rotatable bonds is 4. The molecule has 4 heteroatoms. The lowest BCUT2D eigenvalue weighted by Gasteiger charge is -2.05. The quantitative estimate of drug-likeness (QED) is 0.606. The lowest BCUT2D eigenvalue weighted by molar-refractivity contribution is -0.118. The number of hydrogen-bond acceptors (Lipinski definition) is 3. The summed E-state index contributed by atoms with van der Waals surface area (Å²) in [6, 6.07) is 0. The number of carbonyl (C=O) groups excluding carboxylic acids is 1. The molecule has 0 saturated carbocycles. The van der Waals surface area contributed by atoms with E-state index in [1.54, 1.807) is 7.05 Å². The molecular weight excluding hydrogens is 150 g/mol. The van der Waals surface area contributed by atoms with Gasteiger partial charge in [-0.15, -0.1) is 11.8 Å². The smallest absolute Gasteiger partial charge is 0.229 e. The molecule has 3 nitrogen and oxygen atoms in total. The Morgan fingerprint density at radius 1 is 1.80 bits per heavy atom. The van der Waals surface area contributed by atoms with Crippen molar-refractivity contribution in [3.05, 3.63) is 0 Å². The second kappa shape index (κ2) is 5.56. The number of thioether (sulfide) groups is 1. The van der Waals surface area contributed by atoms with Crippen molar-refractivity contribution in [3.63, 3.8) is 0 Å². The maximum absolute atomic E-state index is 10.6. The van der Waals surface area contributed by atoms with Gasteiger partial charge in [0.2, 0.25) is 5.91 Å². The lowest BCUT2D eigenvalue weighted by atomic mass is 10.5. The largest absolute Gasteiger partial charge is 0.395 e. The molecule has 0 radical (unpaired) electrons. The summed E-state index contributed by atoms with van der Waals surface area (Å²) in [7, 11) is 1.60. The first kappa shape index (κ1) is 9.78. The van der Waals surface area contributed by atoms with Gasteiger partial charge in [-0.2, -0.15) is 0 Å². The predicted octanol–water partition coefficient (Wildman–Crippen LogP) is -0.154. The van der Waals surface area contributed by atoms with Gasteiger partial charge in [-0.3, -0.25) is 4.79 Å². The van der Waals surface area contributed by atoms with Crippen LogP contribution in [0.4, 0.5) is 0 Å². The van der Waals surface area contributed by atoms with E-state index in [1.165, 1.54) is 11.8 Å². The second-order valence-electron chi connectivity index (χ2n) is 1.98. The summed E-state index contributed by atoms with van der Waals surface area (Å²) < 4.78 is 0. The van der Waals surface area contributed by atoms with Crippen molar-refractivity contribution >= 4 is 17.7 Å². The summed E-state index contributed by atoms with van der Waals surface area (Å²) in [4.78, 5) is 10.6. The Morgan fingerprint density at radius 3 is 2.80 bits per heavy atom. The summed E-state index contributed by atoms with van der Waals surface area (Å²) in [5.74, 6) is 0.434. The highest BCUT2D eigenvalue weighted by Crippen LogP contribution is 2.07. The van der Waals surface area contributed by atoms with Crippen LogP contribution in [-0.2, 0) is 4.79 Å². The third kappa shape index (κ3) is 4.64. The lowest BCUT2D eigenvalue weighted by Crippen LogP contribution is -2.21. The number of aliphatic hydroxyl groups is 1. The van der Waals surface area contributed by atoms with E-state index in [2.05, 4.69) is 5.32 Å². The summed E-state index contributed by atoms with van der Waals surface area (Å²) in [5.41, 5.74) is 0. The van der Waals surface area contributed by atoms with Gasteiger partial charge in [0.15, 0.2) is 0 Å². The van der Waals surface area contributed by atoms with Gasteiger partial charge in [0, 0.05) is 12.3 Å². The number of amides is 1. The van der Waals surface area contributed by atoms with E-state index in [1.807, 2.05) is 6.92 Å². The van der Waals surface area contributed by atoms with Crippen LogP contribution in [0, 0.1) is 0 Å². The van der Waals surface area contributed by atoms with Crippen molar-refractivity contribution in [2.75, 3.05) is 19.4 Å². The van der Waals surface area contributed by atoms with E-state index in [4.69, 9.17) is 5.11 Å². The molecule has 0 rings (SSSR count). The number of nitrogens with one attached hydrogen (secondary N) is 1. The van der Waals surface area contributed by atoms with E-state index in [0.29, 0.717) is 5.75 Å². The van der Waals surface area contributed by atoms with Crippen molar-refractivity contribution in [2.24, 2.45) is 0 Å². The van der Waals surface area contributed by atoms with Crippen LogP contribution in [0.25, 0.3) is 0 Å². The van der Waals surface area contributed by atoms with Gasteiger partial charge < -0.3 is 10.4 Å². The van der Waals surface area contributed by atoms with Gasteiger partial charge in [0.05, 0.1) is 12.4 Å². The van der Waals surface area contributed by atoms with Crippen molar-refractivity contribution in [1.29, 1.82) is 0 Å². The molecule has 2 N–H and O–H groups in total. The molecule has 0 aromatic carbocycles. The fourth-order valence-corrected chi connectivity index (χ4v) is 1.03. The highest BCUT2D eigenvalue weighted by molar-refractivity contribution is 8.00. The predicted molar refractivity (Wildman–Crippen MR) is 43.1 cm³/mol. The number of aliphatic hydroxyl groups excluding tert-OH is 1. The molecule has 60 valence electrons. The van der Waals surface area contributed by atoms with E-state index >= 15 is 0 Å². The first-order chi connectivity index (χ1) is 4.70. The van der Waals surface area contributed by atoms with Gasteiger partial charge >= 0.3 is 0 Å². The van der Waals surface area contributed by atoms with Crippen molar-refractivity contribution in [1.82, 2.24) is 5.32 Å². The molecule has 0 fully saturated rings. The molecule has 0 heterocycles. The van der Waals surface area contributed by atoms with Crippen molar-refractivity contribution in [2.45, 2.75) is 12.2 Å². The average Bonchev–Trinajstić information content (AvgIpc) is 1.99. The summed E-state index contributed by atoms with van der Waals surface area (Å²) in [6.07, 6.45) is 0. The minimum absolute atomic E-state index is 0.00491. The molecule has 0 aliphatic rings. The summed E-state index contributed by atoms with van der Waals surface area (Å²) in [5, 5.41) is 11.2. The molecular formula is C6H13NO2S. The standard InChI is InChI=1S/C6H13NO2S/c1-5(3-8)10-4-6(9)7-2/h5,8H,3-4H2,1-2H3,(H,7,9). The second-order valence-corrected chi connectivity index (χ2v) is 3.40. The Labute approximate surface area is 65.2 Å². The van der Waals surface area contributed by atoms with Crippen LogP contribution < -0.4 is 5.32 Å². The zero-order chi connectivity index (χ0) is 7.98. The molecule has 0 saturated heterocycles. The van der Waals surface area contributed by atoms with Crippen LogP contribution in [0.3, 0.4) is 0 Å². The Morgan fingerprint density at radius 2 is 2.40 bits per heavy atom. The van der Waals surface area contributed by atoms with E-state index < -0.39 is 0 Å². The highest BCUT2D eigenvalue weighted by atomic mass is 32.2. The van der Waals surface area contributed by atoms with Crippen LogP contribution in [0.1, 0.15) is 6.92 Å². The molecule has 0 aliphatic carbocycles. The van der Waals surface area contributed by atoms with E-state index in [0.717, 1.165) is 0 Å². The molecule has 1 atom stereocenters. The maximum Gasteiger partial charge on any atom is 0.229 e. The van der Waals surface area contributed by atoms with E-state index in [-0.39, 0.29) is 17.8 Å². The molecule has 0 spiro atoms. The molecule has 0 aromatic rings. The van der Waals surface area contributed by atoms with Crippen LogP contribution >= 0.6 is 11.8 Å². The Bertz CT molecular complexity index is 108. The SMILES string of the molecule is CNC(=O)CSC(C)CO. The van der Waals surface area contributed by atoms with Crippen LogP contribution in [-0.4, -0.2) is 35.7 Å². The minimum Gasteiger partial charge on any atom is -0.395 e. The van der Waals surface area contributed by atoms with Crippen LogP contribution in [0.15, 0.2) is 0 Å². The van der Waals surface area contributed by atoms with Gasteiger partial charge in [0.1, 0.15) is 0 Å². The molecule has 1 amide bonds. The van der Waals surface area contributed by atoms with Gasteiger partial charge in [0.25, 0.3) is 0 Å². The summed E-state index contributed by atoms with van der Waals surface area (Å²) >= 11 is 1.45. The number of hydrogen-bond donors (Lipinski definition) is 2. The molecule has 0 bridgehead atoms. The van der Waals surface area contributed by atoms with Gasteiger partial charge in [-0.1, -0.05) is 6.92 Å². The number of carbonyl (C=O) groups is 1. The molecule has 10 heavy (non-hydrogen) atoms.